The molecule has 2 N–H and O–H groups in total. The molecule has 1 atom stereocenters. The second-order valence-corrected chi connectivity index (χ2v) is 5.06. The van der Waals surface area contributed by atoms with Crippen molar-refractivity contribution in [1.82, 2.24) is 9.78 Å². The summed E-state index contributed by atoms with van der Waals surface area (Å²) in [6, 6.07) is 0. The molecule has 15 heavy (non-hydrogen) atoms. The molecule has 0 saturated carbocycles. The molecule has 0 aliphatic heterocycles. The van der Waals surface area contributed by atoms with Crippen molar-refractivity contribution < 1.29 is 0 Å². The summed E-state index contributed by atoms with van der Waals surface area (Å²) in [5.74, 6) is 1.20. The SMILES string of the molecule is CCCCCSC(CN)c1cnn(C)c1. The zero-order valence-electron chi connectivity index (χ0n) is 9.65. The van der Waals surface area contributed by atoms with E-state index < -0.39 is 0 Å². The molecule has 1 heterocycles. The Hall–Kier alpha value is -0.480. The molecule has 0 saturated heterocycles. The van der Waals surface area contributed by atoms with Crippen molar-refractivity contribution in [2.45, 2.75) is 31.4 Å². The molecule has 1 aromatic heterocycles. The number of hydrogen-bond donors (Lipinski definition) is 1. The lowest BCUT2D eigenvalue weighted by molar-refractivity contribution is 0.766. The highest BCUT2D eigenvalue weighted by molar-refractivity contribution is 7.99. The Bertz CT molecular complexity index is 273. The summed E-state index contributed by atoms with van der Waals surface area (Å²) in [6.45, 7) is 2.93. The van der Waals surface area contributed by atoms with E-state index >= 15 is 0 Å². The van der Waals surface area contributed by atoms with Crippen LogP contribution >= 0.6 is 11.8 Å². The fourth-order valence-electron chi connectivity index (χ4n) is 1.48. The first-order chi connectivity index (χ1) is 7.27. The molecule has 4 heteroatoms. The zero-order valence-corrected chi connectivity index (χ0v) is 10.5. The normalized spacial score (nSPS) is 13.0. The van der Waals surface area contributed by atoms with Crippen molar-refractivity contribution in [2.24, 2.45) is 12.8 Å². The van der Waals surface area contributed by atoms with Gasteiger partial charge in [-0.15, -0.1) is 0 Å². The van der Waals surface area contributed by atoms with Crippen LogP contribution in [-0.2, 0) is 7.05 Å². The van der Waals surface area contributed by atoms with Crippen LogP contribution in [0, 0.1) is 0 Å². The van der Waals surface area contributed by atoms with E-state index in [4.69, 9.17) is 5.73 Å². The Morgan fingerprint density at radius 1 is 1.53 bits per heavy atom. The molecule has 0 bridgehead atoms. The quantitative estimate of drug-likeness (QED) is 0.727. The van der Waals surface area contributed by atoms with Crippen LogP contribution in [0.5, 0.6) is 0 Å². The van der Waals surface area contributed by atoms with Gasteiger partial charge in [-0.3, -0.25) is 4.68 Å². The van der Waals surface area contributed by atoms with Gasteiger partial charge in [0.05, 0.1) is 6.20 Å². The highest BCUT2D eigenvalue weighted by Gasteiger charge is 2.11. The lowest BCUT2D eigenvalue weighted by Crippen LogP contribution is -2.09. The molecule has 0 amide bonds. The first kappa shape index (κ1) is 12.6. The van der Waals surface area contributed by atoms with Crippen LogP contribution in [0.15, 0.2) is 12.4 Å². The number of unbranched alkanes of at least 4 members (excludes halogenated alkanes) is 2. The van der Waals surface area contributed by atoms with Crippen LogP contribution in [0.25, 0.3) is 0 Å². The van der Waals surface area contributed by atoms with Gasteiger partial charge in [-0.05, 0) is 12.2 Å². The molecule has 1 aromatic rings. The van der Waals surface area contributed by atoms with Gasteiger partial charge < -0.3 is 5.73 Å². The largest absolute Gasteiger partial charge is 0.329 e. The molecule has 0 aliphatic carbocycles. The number of rotatable bonds is 7. The van der Waals surface area contributed by atoms with E-state index in [1.807, 2.05) is 29.7 Å². The van der Waals surface area contributed by atoms with E-state index in [1.165, 1.54) is 30.6 Å². The standard InChI is InChI=1S/C11H21N3S/c1-3-4-5-6-15-11(7-12)10-8-13-14(2)9-10/h8-9,11H,3-7,12H2,1-2H3. The van der Waals surface area contributed by atoms with Crippen molar-refractivity contribution >= 4 is 11.8 Å². The minimum Gasteiger partial charge on any atom is -0.329 e. The Labute approximate surface area is 96.4 Å². The van der Waals surface area contributed by atoms with Gasteiger partial charge >= 0.3 is 0 Å². The van der Waals surface area contributed by atoms with E-state index in [2.05, 4.69) is 18.2 Å². The van der Waals surface area contributed by atoms with Gasteiger partial charge in [-0.2, -0.15) is 16.9 Å². The predicted molar refractivity (Wildman–Crippen MR) is 67.0 cm³/mol. The minimum atomic E-state index is 0.413. The van der Waals surface area contributed by atoms with E-state index in [9.17, 15) is 0 Å². The van der Waals surface area contributed by atoms with Crippen LogP contribution in [0.2, 0.25) is 0 Å². The first-order valence-electron chi connectivity index (χ1n) is 5.58. The lowest BCUT2D eigenvalue weighted by Gasteiger charge is -2.11. The van der Waals surface area contributed by atoms with Crippen molar-refractivity contribution in [1.29, 1.82) is 0 Å². The van der Waals surface area contributed by atoms with Crippen molar-refractivity contribution in [3.05, 3.63) is 18.0 Å². The topological polar surface area (TPSA) is 43.8 Å². The van der Waals surface area contributed by atoms with Crippen LogP contribution in [0.1, 0.15) is 37.0 Å². The van der Waals surface area contributed by atoms with Gasteiger partial charge in [0.2, 0.25) is 0 Å². The van der Waals surface area contributed by atoms with Gasteiger partial charge in [-0.1, -0.05) is 19.8 Å². The predicted octanol–water partition coefficient (Wildman–Crippen LogP) is 2.34. The monoisotopic (exact) mass is 227 g/mol. The number of aryl methyl sites for hydroxylation is 1. The molecule has 0 aromatic carbocycles. The second kappa shape index (κ2) is 6.90. The smallest absolute Gasteiger partial charge is 0.0533 e. The maximum absolute atomic E-state index is 5.77. The van der Waals surface area contributed by atoms with Crippen molar-refractivity contribution in [3.63, 3.8) is 0 Å². The van der Waals surface area contributed by atoms with E-state index in [0.29, 0.717) is 11.8 Å². The van der Waals surface area contributed by atoms with Gasteiger partial charge in [-0.25, -0.2) is 0 Å². The number of hydrogen-bond acceptors (Lipinski definition) is 3. The van der Waals surface area contributed by atoms with E-state index in [1.54, 1.807) is 0 Å². The van der Waals surface area contributed by atoms with Crippen LogP contribution < -0.4 is 5.73 Å². The summed E-state index contributed by atoms with van der Waals surface area (Å²) in [6.07, 6.45) is 7.87. The van der Waals surface area contributed by atoms with Gasteiger partial charge in [0, 0.05) is 30.6 Å². The summed E-state index contributed by atoms with van der Waals surface area (Å²) in [5, 5.41) is 4.59. The summed E-state index contributed by atoms with van der Waals surface area (Å²) in [4.78, 5) is 0. The molecule has 0 radical (unpaired) electrons. The van der Waals surface area contributed by atoms with Gasteiger partial charge in [0.25, 0.3) is 0 Å². The average Bonchev–Trinajstić information content (AvgIpc) is 2.65. The van der Waals surface area contributed by atoms with Crippen LogP contribution in [-0.4, -0.2) is 22.1 Å². The average molecular weight is 227 g/mol. The summed E-state index contributed by atoms with van der Waals surface area (Å²) < 4.78 is 1.84. The third-order valence-electron chi connectivity index (χ3n) is 2.38. The third-order valence-corrected chi connectivity index (χ3v) is 3.77. The van der Waals surface area contributed by atoms with E-state index in [-0.39, 0.29) is 0 Å². The van der Waals surface area contributed by atoms with Crippen LogP contribution in [0.4, 0.5) is 0 Å². The number of thioether (sulfide) groups is 1. The Morgan fingerprint density at radius 2 is 2.33 bits per heavy atom. The third kappa shape index (κ3) is 4.26. The molecule has 86 valence electrons. The summed E-state index contributed by atoms with van der Waals surface area (Å²) in [7, 11) is 1.94. The Balaban J connectivity index is 2.35. The maximum Gasteiger partial charge on any atom is 0.0533 e. The Kier molecular flexibility index (Phi) is 5.79. The maximum atomic E-state index is 5.77. The van der Waals surface area contributed by atoms with Crippen molar-refractivity contribution in [3.8, 4) is 0 Å². The Morgan fingerprint density at radius 3 is 2.87 bits per heavy atom. The molecular weight excluding hydrogens is 206 g/mol. The van der Waals surface area contributed by atoms with E-state index in [0.717, 1.165) is 0 Å². The lowest BCUT2D eigenvalue weighted by atomic mass is 10.2. The molecule has 0 aliphatic rings. The van der Waals surface area contributed by atoms with Gasteiger partial charge in [0.15, 0.2) is 0 Å². The fraction of sp³-hybridized carbons (Fsp3) is 0.727. The molecular formula is C11H21N3S. The highest BCUT2D eigenvalue weighted by Crippen LogP contribution is 2.28. The fourth-order valence-corrected chi connectivity index (χ4v) is 2.59. The van der Waals surface area contributed by atoms with Crippen molar-refractivity contribution in [2.75, 3.05) is 12.3 Å². The summed E-state index contributed by atoms with van der Waals surface area (Å²) >= 11 is 1.95. The molecule has 1 unspecified atom stereocenters. The minimum absolute atomic E-state index is 0.413. The second-order valence-electron chi connectivity index (χ2n) is 3.75. The number of nitrogens with zero attached hydrogens (tertiary/aromatic N) is 2. The zero-order chi connectivity index (χ0) is 11.1. The number of nitrogens with two attached hydrogens (primary N) is 1. The number of aromatic nitrogens is 2. The van der Waals surface area contributed by atoms with Crippen LogP contribution in [0.3, 0.4) is 0 Å². The first-order valence-corrected chi connectivity index (χ1v) is 6.63. The highest BCUT2D eigenvalue weighted by atomic mass is 32.2. The molecule has 1 rings (SSSR count). The van der Waals surface area contributed by atoms with Gasteiger partial charge in [0.1, 0.15) is 0 Å². The summed E-state index contributed by atoms with van der Waals surface area (Å²) in [5.41, 5.74) is 7.02. The molecule has 0 spiro atoms. The molecule has 0 fully saturated rings. The molecule has 3 nitrogen and oxygen atoms in total.